The monoisotopic (exact) mass is 304 g/mol. The number of ketones is 1. The van der Waals surface area contributed by atoms with Crippen LogP contribution in [-0.2, 0) is 14.3 Å². The van der Waals surface area contributed by atoms with Crippen LogP contribution in [0.5, 0.6) is 0 Å². The average Bonchev–Trinajstić information content (AvgIpc) is 3.27. The third-order valence-electron chi connectivity index (χ3n) is 4.94. The number of carbonyl (C=O) groups excluding carboxylic acids is 1. The van der Waals surface area contributed by atoms with Crippen LogP contribution >= 0.6 is 0 Å². The van der Waals surface area contributed by atoms with E-state index in [4.69, 9.17) is 9.47 Å². The van der Waals surface area contributed by atoms with Crippen LogP contribution in [0.25, 0.3) is 0 Å². The zero-order valence-corrected chi connectivity index (χ0v) is 12.1. The molecular weight excluding hydrogens is 285 g/mol. The minimum absolute atomic E-state index is 0.00536. The lowest BCUT2D eigenvalue weighted by atomic mass is 9.72. The minimum atomic E-state index is -4.28. The maximum absolute atomic E-state index is 12.4. The van der Waals surface area contributed by atoms with Crippen molar-refractivity contribution in [2.45, 2.75) is 57.1 Å². The zero-order chi connectivity index (χ0) is 15.4. The molecule has 1 saturated carbocycles. The molecule has 0 aromatic heterocycles. The largest absolute Gasteiger partial charge is 0.412 e. The number of hydrogen-bond donors (Lipinski definition) is 0. The van der Waals surface area contributed by atoms with Gasteiger partial charge < -0.3 is 9.47 Å². The van der Waals surface area contributed by atoms with E-state index in [0.29, 0.717) is 19.4 Å². The smallest absolute Gasteiger partial charge is 0.369 e. The first-order valence-electron chi connectivity index (χ1n) is 7.29. The van der Waals surface area contributed by atoms with Crippen molar-refractivity contribution in [1.29, 1.82) is 0 Å². The molecular formula is C15H19F3O3. The molecule has 0 amide bonds. The fourth-order valence-corrected chi connectivity index (χ4v) is 3.34. The Kier molecular flexibility index (Phi) is 3.44. The summed E-state index contributed by atoms with van der Waals surface area (Å²) < 4.78 is 48.4. The first-order valence-corrected chi connectivity index (χ1v) is 7.29. The van der Waals surface area contributed by atoms with E-state index >= 15 is 0 Å². The summed E-state index contributed by atoms with van der Waals surface area (Å²) in [6, 6.07) is 0. The number of rotatable bonds is 3. The second-order valence-electron chi connectivity index (χ2n) is 6.50. The minimum Gasteiger partial charge on any atom is -0.369 e. The predicted octanol–water partition coefficient (Wildman–Crippen LogP) is 3.04. The van der Waals surface area contributed by atoms with Crippen molar-refractivity contribution >= 4 is 5.78 Å². The Hall–Kier alpha value is -0.880. The Morgan fingerprint density at radius 3 is 2.71 bits per heavy atom. The number of hydrogen-bond acceptors (Lipinski definition) is 3. The van der Waals surface area contributed by atoms with Crippen molar-refractivity contribution in [2.24, 2.45) is 11.8 Å². The molecule has 3 rings (SSSR count). The van der Waals surface area contributed by atoms with Crippen molar-refractivity contribution in [3.63, 3.8) is 0 Å². The summed E-state index contributed by atoms with van der Waals surface area (Å²) in [5, 5.41) is 0. The molecule has 0 aromatic rings. The molecule has 21 heavy (non-hydrogen) atoms. The highest BCUT2D eigenvalue weighted by Gasteiger charge is 2.63. The van der Waals surface area contributed by atoms with Gasteiger partial charge in [-0.15, -0.1) is 0 Å². The third kappa shape index (κ3) is 2.88. The standard InChI is InChI=1S/C15H19F3O3/c1-8-6-14(7-20-14)10(5-11(8)19)13-12(21-13)4-3-9(2)15(16,17)18/h3,8,10,12-13H,4-7H2,1-2H3/b9-3+/t8-,10?,12+,13+,14-/m0/s1. The Labute approximate surface area is 121 Å². The van der Waals surface area contributed by atoms with Gasteiger partial charge in [0.25, 0.3) is 0 Å². The SMILES string of the molecule is C/C(=C\C[C@H]1O[C@@H]1C1CC(=O)[C@@H](C)C[C@]12CO2)C(F)(F)F. The molecule has 2 saturated heterocycles. The van der Waals surface area contributed by atoms with Crippen molar-refractivity contribution in [1.82, 2.24) is 0 Å². The van der Waals surface area contributed by atoms with Crippen LogP contribution in [0, 0.1) is 11.8 Å². The van der Waals surface area contributed by atoms with Crippen LogP contribution < -0.4 is 0 Å². The molecule has 2 aliphatic heterocycles. The molecule has 0 aromatic carbocycles. The lowest BCUT2D eigenvalue weighted by molar-refractivity contribution is -0.128. The highest BCUT2D eigenvalue weighted by atomic mass is 19.4. The van der Waals surface area contributed by atoms with Crippen LogP contribution in [0.3, 0.4) is 0 Å². The van der Waals surface area contributed by atoms with E-state index in [-0.39, 0.29) is 41.8 Å². The summed E-state index contributed by atoms with van der Waals surface area (Å²) in [5.41, 5.74) is -0.849. The fourth-order valence-electron chi connectivity index (χ4n) is 3.34. The summed E-state index contributed by atoms with van der Waals surface area (Å²) in [6.45, 7) is 3.61. The van der Waals surface area contributed by atoms with Crippen LogP contribution in [0.1, 0.15) is 33.1 Å². The van der Waals surface area contributed by atoms with Gasteiger partial charge in [-0.25, -0.2) is 0 Å². The molecule has 3 fully saturated rings. The maximum Gasteiger partial charge on any atom is 0.412 e. The van der Waals surface area contributed by atoms with Crippen LogP contribution in [-0.4, -0.2) is 36.4 Å². The summed E-state index contributed by atoms with van der Waals surface area (Å²) in [6.07, 6.45) is -2.08. The summed E-state index contributed by atoms with van der Waals surface area (Å²) in [4.78, 5) is 11.9. The van der Waals surface area contributed by atoms with Crippen molar-refractivity contribution < 1.29 is 27.4 Å². The molecule has 6 heteroatoms. The molecule has 118 valence electrons. The van der Waals surface area contributed by atoms with E-state index in [2.05, 4.69) is 0 Å². The normalized spacial score (nSPS) is 43.3. The number of allylic oxidation sites excluding steroid dienone is 1. The van der Waals surface area contributed by atoms with E-state index in [1.54, 1.807) is 0 Å². The zero-order valence-electron chi connectivity index (χ0n) is 12.1. The maximum atomic E-state index is 12.4. The van der Waals surface area contributed by atoms with E-state index < -0.39 is 11.7 Å². The molecule has 2 heterocycles. The summed E-state index contributed by atoms with van der Waals surface area (Å²) >= 11 is 0. The van der Waals surface area contributed by atoms with Crippen LogP contribution in [0.15, 0.2) is 11.6 Å². The van der Waals surface area contributed by atoms with Gasteiger partial charge in [-0.3, -0.25) is 4.79 Å². The lowest BCUT2D eigenvalue weighted by Gasteiger charge is -2.30. The van der Waals surface area contributed by atoms with Gasteiger partial charge in [0.2, 0.25) is 0 Å². The number of Topliss-reactive ketones (excluding diaryl/α,β-unsaturated/α-hetero) is 1. The van der Waals surface area contributed by atoms with Crippen molar-refractivity contribution in [3.8, 4) is 0 Å². The van der Waals surface area contributed by atoms with E-state index in [9.17, 15) is 18.0 Å². The number of epoxide rings is 2. The van der Waals surface area contributed by atoms with Crippen molar-refractivity contribution in [3.05, 3.63) is 11.6 Å². The lowest BCUT2D eigenvalue weighted by Crippen LogP contribution is -2.40. The molecule has 5 atom stereocenters. The summed E-state index contributed by atoms with van der Waals surface area (Å²) in [5.74, 6) is 0.219. The number of carbonyl (C=O) groups is 1. The van der Waals surface area contributed by atoms with Gasteiger partial charge in [-0.05, 0) is 19.8 Å². The first kappa shape index (κ1) is 15.0. The van der Waals surface area contributed by atoms with E-state index in [1.807, 2.05) is 6.92 Å². The molecule has 0 bridgehead atoms. The van der Waals surface area contributed by atoms with Crippen LogP contribution in [0.2, 0.25) is 0 Å². The quantitative estimate of drug-likeness (QED) is 0.594. The topological polar surface area (TPSA) is 42.1 Å². The first-order chi connectivity index (χ1) is 9.73. The molecule has 0 N–H and O–H groups in total. The Bertz CT molecular complexity index is 479. The van der Waals surface area contributed by atoms with Gasteiger partial charge in [0, 0.05) is 23.8 Å². The second kappa shape index (κ2) is 4.81. The average molecular weight is 304 g/mol. The highest BCUT2D eigenvalue weighted by Crippen LogP contribution is 2.53. The second-order valence-corrected chi connectivity index (χ2v) is 6.50. The van der Waals surface area contributed by atoms with Gasteiger partial charge in [-0.1, -0.05) is 13.0 Å². The third-order valence-corrected chi connectivity index (χ3v) is 4.94. The Morgan fingerprint density at radius 2 is 2.14 bits per heavy atom. The molecule has 1 aliphatic carbocycles. The molecule has 3 aliphatic rings. The fraction of sp³-hybridized carbons (Fsp3) is 0.800. The molecule has 0 radical (unpaired) electrons. The van der Waals surface area contributed by atoms with Gasteiger partial charge in [0.1, 0.15) is 5.78 Å². The highest BCUT2D eigenvalue weighted by molar-refractivity contribution is 5.82. The molecule has 3 nitrogen and oxygen atoms in total. The summed E-state index contributed by atoms with van der Waals surface area (Å²) in [7, 11) is 0. The van der Waals surface area contributed by atoms with Crippen molar-refractivity contribution in [2.75, 3.05) is 6.61 Å². The number of ether oxygens (including phenoxy) is 2. The number of halogens is 3. The Morgan fingerprint density at radius 1 is 1.48 bits per heavy atom. The molecule has 1 spiro atoms. The van der Waals surface area contributed by atoms with Crippen LogP contribution in [0.4, 0.5) is 13.2 Å². The van der Waals surface area contributed by atoms with Gasteiger partial charge in [-0.2, -0.15) is 13.2 Å². The molecule has 1 unspecified atom stereocenters. The van der Waals surface area contributed by atoms with Gasteiger partial charge in [0.05, 0.1) is 24.4 Å². The predicted molar refractivity (Wildman–Crippen MR) is 68.7 cm³/mol. The Balaban J connectivity index is 1.59. The van der Waals surface area contributed by atoms with E-state index in [0.717, 1.165) is 6.92 Å². The number of alkyl halides is 3. The van der Waals surface area contributed by atoms with Gasteiger partial charge >= 0.3 is 6.18 Å². The van der Waals surface area contributed by atoms with Gasteiger partial charge in [0.15, 0.2) is 0 Å². The van der Waals surface area contributed by atoms with E-state index in [1.165, 1.54) is 6.08 Å².